The minimum atomic E-state index is -1.13. The second-order valence-electron chi connectivity index (χ2n) is 7.50. The number of carbonyl (C=O) groups is 1. The summed E-state index contributed by atoms with van der Waals surface area (Å²) in [7, 11) is 1.39. The molecule has 0 saturated carbocycles. The van der Waals surface area contributed by atoms with Crippen molar-refractivity contribution in [2.24, 2.45) is 5.73 Å². The van der Waals surface area contributed by atoms with Gasteiger partial charge in [0.15, 0.2) is 17.5 Å². The third kappa shape index (κ3) is 5.03. The molecular weight excluding hydrogens is 416 g/mol. The monoisotopic (exact) mass is 441 g/mol. The molecule has 0 amide bonds. The van der Waals surface area contributed by atoms with Crippen molar-refractivity contribution in [3.63, 3.8) is 0 Å². The average Bonchev–Trinajstić information content (AvgIpc) is 2.75. The van der Waals surface area contributed by atoms with Crippen LogP contribution in [0.4, 0.5) is 14.6 Å². The number of halogens is 2. The molecule has 0 radical (unpaired) electrons. The summed E-state index contributed by atoms with van der Waals surface area (Å²) in [6.07, 6.45) is 0.212. The second kappa shape index (κ2) is 9.74. The lowest BCUT2D eigenvalue weighted by Crippen LogP contribution is -2.39. The number of aromatic nitrogens is 1. The van der Waals surface area contributed by atoms with Gasteiger partial charge in [0.1, 0.15) is 11.8 Å². The summed E-state index contributed by atoms with van der Waals surface area (Å²) < 4.78 is 34.5. The Hall–Kier alpha value is -3.52. The van der Waals surface area contributed by atoms with E-state index in [-0.39, 0.29) is 12.2 Å². The molecule has 3 aromatic rings. The van der Waals surface area contributed by atoms with Gasteiger partial charge in [-0.05, 0) is 53.8 Å². The molecule has 0 saturated heterocycles. The fraction of sp³-hybridized carbons (Fsp3) is 0.250. The van der Waals surface area contributed by atoms with Crippen LogP contribution < -0.4 is 15.4 Å². The molecule has 1 aromatic heterocycles. The third-order valence-electron chi connectivity index (χ3n) is 5.11. The first-order valence-electron chi connectivity index (χ1n) is 10.1. The Morgan fingerprint density at radius 1 is 1.16 bits per heavy atom. The summed E-state index contributed by atoms with van der Waals surface area (Å²) in [4.78, 5) is 16.6. The Morgan fingerprint density at radius 2 is 1.91 bits per heavy atom. The van der Waals surface area contributed by atoms with Crippen molar-refractivity contribution >= 4 is 11.8 Å². The number of pyridine rings is 1. The third-order valence-corrected chi connectivity index (χ3v) is 5.11. The Morgan fingerprint density at radius 3 is 2.56 bits per heavy atom. The predicted octanol–water partition coefficient (Wildman–Crippen LogP) is 4.89. The number of anilines is 1. The van der Waals surface area contributed by atoms with Crippen LogP contribution in [0.3, 0.4) is 0 Å². The van der Waals surface area contributed by atoms with E-state index in [0.29, 0.717) is 18.4 Å². The molecule has 6 nitrogen and oxygen atoms in total. The first-order valence-corrected chi connectivity index (χ1v) is 10.1. The van der Waals surface area contributed by atoms with Crippen LogP contribution >= 0.6 is 0 Å². The smallest absolute Gasteiger partial charge is 0.326 e. The van der Waals surface area contributed by atoms with Crippen LogP contribution in [0.2, 0.25) is 0 Å². The molecule has 3 rings (SSSR count). The Kier molecular flexibility index (Phi) is 7.05. The number of nitrogens with two attached hydrogens (primary N) is 1. The summed E-state index contributed by atoms with van der Waals surface area (Å²) in [5.74, 6) is -3.53. The highest BCUT2D eigenvalue weighted by Gasteiger charge is 2.26. The van der Waals surface area contributed by atoms with E-state index < -0.39 is 29.5 Å². The summed E-state index contributed by atoms with van der Waals surface area (Å²) in [6.45, 7) is 3.93. The number of likely N-dealkylation sites (N-methyl/N-ethyl adjacent to an activating group) is 1. The molecule has 0 fully saturated rings. The van der Waals surface area contributed by atoms with Gasteiger partial charge in [-0.3, -0.25) is 0 Å². The number of carboxylic acid groups (broad SMARTS) is 1. The fourth-order valence-corrected chi connectivity index (χ4v) is 3.48. The highest BCUT2D eigenvalue weighted by atomic mass is 19.1. The number of aryl methyl sites for hydroxylation is 1. The zero-order valence-electron chi connectivity index (χ0n) is 18.1. The number of hydrogen-bond acceptors (Lipinski definition) is 5. The molecule has 0 aliphatic rings. The van der Waals surface area contributed by atoms with Crippen molar-refractivity contribution in [3.8, 4) is 22.8 Å². The molecule has 0 aliphatic carbocycles. The van der Waals surface area contributed by atoms with E-state index in [4.69, 9.17) is 10.5 Å². The van der Waals surface area contributed by atoms with E-state index in [0.717, 1.165) is 27.2 Å². The molecule has 32 heavy (non-hydrogen) atoms. The van der Waals surface area contributed by atoms with Crippen molar-refractivity contribution in [1.29, 1.82) is 0 Å². The number of aliphatic carboxylic acids is 1. The Balaban J connectivity index is 1.98. The van der Waals surface area contributed by atoms with Crippen molar-refractivity contribution in [1.82, 2.24) is 4.98 Å². The van der Waals surface area contributed by atoms with Crippen molar-refractivity contribution in [3.05, 3.63) is 71.3 Å². The summed E-state index contributed by atoms with van der Waals surface area (Å²) in [5, 5.41) is 9.36. The lowest BCUT2D eigenvalue weighted by atomic mass is 10.0. The minimum absolute atomic E-state index is 0.212. The van der Waals surface area contributed by atoms with Crippen LogP contribution in [0.25, 0.3) is 11.1 Å². The highest BCUT2D eigenvalue weighted by molar-refractivity contribution is 5.77. The fourth-order valence-electron chi connectivity index (χ4n) is 3.48. The first kappa shape index (κ1) is 23.1. The van der Waals surface area contributed by atoms with Crippen molar-refractivity contribution in [2.75, 3.05) is 11.9 Å². The van der Waals surface area contributed by atoms with Gasteiger partial charge < -0.3 is 20.5 Å². The zero-order valence-corrected chi connectivity index (χ0v) is 18.1. The molecule has 3 N–H and O–H groups in total. The second-order valence-corrected chi connectivity index (χ2v) is 7.50. The van der Waals surface area contributed by atoms with Crippen LogP contribution in [0, 0.1) is 18.6 Å². The molecule has 1 heterocycles. The highest BCUT2D eigenvalue weighted by Crippen LogP contribution is 2.32. The molecule has 1 unspecified atom stereocenters. The van der Waals surface area contributed by atoms with Crippen LogP contribution in [-0.2, 0) is 11.3 Å². The van der Waals surface area contributed by atoms with E-state index in [1.165, 1.54) is 7.05 Å². The number of hydrogen-bond donors (Lipinski definition) is 2. The minimum Gasteiger partial charge on any atom is -0.480 e. The molecule has 0 bridgehead atoms. The maximum Gasteiger partial charge on any atom is 0.326 e. The van der Waals surface area contributed by atoms with Gasteiger partial charge in [-0.1, -0.05) is 31.2 Å². The van der Waals surface area contributed by atoms with E-state index in [2.05, 4.69) is 4.98 Å². The quantitative estimate of drug-likeness (QED) is 0.518. The standard InChI is InChI=1S/C24H25F2N3O3/c1-4-21(24(30)31)29(3)22-19(25)12-20(26)23(28-22)32-18-9-14(2)8-17(11-18)16-7-5-6-15(10-16)13-27/h5-12,21H,4,13,27H2,1-3H3,(H,30,31). The Labute approximate surface area is 185 Å². The van der Waals surface area contributed by atoms with Gasteiger partial charge in [0.25, 0.3) is 5.88 Å². The number of benzene rings is 2. The van der Waals surface area contributed by atoms with Crippen LogP contribution in [0.5, 0.6) is 11.6 Å². The topological polar surface area (TPSA) is 88.7 Å². The first-order chi connectivity index (χ1) is 15.2. The van der Waals surface area contributed by atoms with Crippen LogP contribution in [-0.4, -0.2) is 29.1 Å². The SMILES string of the molecule is CCC(C(=O)O)N(C)c1nc(Oc2cc(C)cc(-c3cccc(CN)c3)c2)c(F)cc1F. The lowest BCUT2D eigenvalue weighted by Gasteiger charge is -2.25. The van der Waals surface area contributed by atoms with Gasteiger partial charge in [-0.25, -0.2) is 13.6 Å². The molecule has 0 aliphatic heterocycles. The maximum atomic E-state index is 14.5. The van der Waals surface area contributed by atoms with Gasteiger partial charge in [-0.15, -0.1) is 0 Å². The van der Waals surface area contributed by atoms with Crippen molar-refractivity contribution in [2.45, 2.75) is 32.9 Å². The maximum absolute atomic E-state index is 14.5. The van der Waals surface area contributed by atoms with E-state index in [9.17, 15) is 18.7 Å². The van der Waals surface area contributed by atoms with Gasteiger partial charge in [-0.2, -0.15) is 4.98 Å². The number of carboxylic acids is 1. The molecule has 1 atom stereocenters. The van der Waals surface area contributed by atoms with Gasteiger partial charge in [0.2, 0.25) is 0 Å². The molecule has 168 valence electrons. The van der Waals surface area contributed by atoms with E-state index >= 15 is 0 Å². The number of nitrogens with zero attached hydrogens (tertiary/aromatic N) is 2. The van der Waals surface area contributed by atoms with Gasteiger partial charge >= 0.3 is 5.97 Å². The van der Waals surface area contributed by atoms with Crippen LogP contribution in [0.15, 0.2) is 48.5 Å². The molecule has 2 aromatic carbocycles. The predicted molar refractivity (Wildman–Crippen MR) is 119 cm³/mol. The molecular formula is C24H25F2N3O3. The average molecular weight is 441 g/mol. The zero-order chi connectivity index (χ0) is 23.4. The van der Waals surface area contributed by atoms with Crippen molar-refractivity contribution < 1.29 is 23.4 Å². The summed E-state index contributed by atoms with van der Waals surface area (Å²) in [6, 6.07) is 12.7. The molecule has 8 heteroatoms. The Bertz CT molecular complexity index is 1140. The number of ether oxygens (including phenoxy) is 1. The van der Waals surface area contributed by atoms with Crippen LogP contribution in [0.1, 0.15) is 24.5 Å². The summed E-state index contributed by atoms with van der Waals surface area (Å²) >= 11 is 0. The van der Waals surface area contributed by atoms with E-state index in [1.54, 1.807) is 19.1 Å². The number of rotatable bonds is 8. The molecule has 0 spiro atoms. The largest absolute Gasteiger partial charge is 0.480 e. The summed E-state index contributed by atoms with van der Waals surface area (Å²) in [5.41, 5.74) is 9.32. The van der Waals surface area contributed by atoms with E-state index in [1.807, 2.05) is 37.3 Å². The normalized spacial score (nSPS) is 11.8. The lowest BCUT2D eigenvalue weighted by molar-refractivity contribution is -0.138. The van der Waals surface area contributed by atoms with Gasteiger partial charge in [0.05, 0.1) is 0 Å². The van der Waals surface area contributed by atoms with Gasteiger partial charge in [0, 0.05) is 19.7 Å².